The molecule has 2 rings (SSSR count). The van der Waals surface area contributed by atoms with Crippen LogP contribution in [0.15, 0.2) is 0 Å². The average molecular weight is 302 g/mol. The lowest BCUT2D eigenvalue weighted by Crippen LogP contribution is -2.40. The van der Waals surface area contributed by atoms with Gasteiger partial charge in [-0.1, -0.05) is 13.8 Å². The fourth-order valence-corrected chi connectivity index (χ4v) is 4.22. The molecule has 1 atom stereocenters. The van der Waals surface area contributed by atoms with E-state index in [0.29, 0.717) is 17.9 Å². The Morgan fingerprint density at radius 2 is 1.95 bits per heavy atom. The Labute approximate surface area is 124 Å². The number of piperidine rings is 1. The number of hydrogen-bond donors (Lipinski definition) is 1. The summed E-state index contributed by atoms with van der Waals surface area (Å²) in [6.07, 6.45) is 8.50. The standard InChI is InChI=1S/C15H30N2O2S/c1-15(2,8-9-16-14-6-7-14)11-13-5-4-10-17(12-13)20(3,18)19/h13-14,16H,4-12H2,1-3H3. The van der Waals surface area contributed by atoms with Crippen LogP contribution in [0.4, 0.5) is 0 Å². The van der Waals surface area contributed by atoms with Crippen molar-refractivity contribution in [2.75, 3.05) is 25.9 Å². The molecule has 1 aliphatic carbocycles. The van der Waals surface area contributed by atoms with Gasteiger partial charge in [0, 0.05) is 19.1 Å². The zero-order chi connectivity index (χ0) is 14.8. The summed E-state index contributed by atoms with van der Waals surface area (Å²) in [6.45, 7) is 7.17. The zero-order valence-electron chi connectivity index (χ0n) is 13.2. The summed E-state index contributed by atoms with van der Waals surface area (Å²) in [7, 11) is -3.01. The first-order chi connectivity index (χ1) is 9.26. The summed E-state index contributed by atoms with van der Waals surface area (Å²) >= 11 is 0. The topological polar surface area (TPSA) is 49.4 Å². The monoisotopic (exact) mass is 302 g/mol. The van der Waals surface area contributed by atoms with Gasteiger partial charge in [-0.15, -0.1) is 0 Å². The third-order valence-electron chi connectivity index (χ3n) is 4.60. The van der Waals surface area contributed by atoms with Crippen molar-refractivity contribution in [1.82, 2.24) is 9.62 Å². The lowest BCUT2D eigenvalue weighted by Gasteiger charge is -2.36. The highest BCUT2D eigenvalue weighted by atomic mass is 32.2. The number of nitrogens with zero attached hydrogens (tertiary/aromatic N) is 1. The van der Waals surface area contributed by atoms with Gasteiger partial charge in [0.2, 0.25) is 10.0 Å². The first kappa shape index (κ1) is 16.2. The minimum absolute atomic E-state index is 0.299. The Morgan fingerprint density at radius 3 is 2.55 bits per heavy atom. The molecular formula is C15H30N2O2S. The summed E-state index contributed by atoms with van der Waals surface area (Å²) in [6, 6.07) is 0.779. The van der Waals surface area contributed by atoms with Crippen LogP contribution in [0.25, 0.3) is 0 Å². The molecule has 0 spiro atoms. The predicted molar refractivity (Wildman–Crippen MR) is 83.2 cm³/mol. The third kappa shape index (κ3) is 5.34. The van der Waals surface area contributed by atoms with Crippen molar-refractivity contribution in [1.29, 1.82) is 0 Å². The van der Waals surface area contributed by atoms with Gasteiger partial charge in [0.1, 0.15) is 0 Å². The van der Waals surface area contributed by atoms with Gasteiger partial charge in [0.05, 0.1) is 6.26 Å². The van der Waals surface area contributed by atoms with E-state index in [1.807, 2.05) is 0 Å². The molecule has 0 bridgehead atoms. The first-order valence-electron chi connectivity index (χ1n) is 7.95. The van der Waals surface area contributed by atoms with E-state index < -0.39 is 10.0 Å². The maximum absolute atomic E-state index is 11.7. The van der Waals surface area contributed by atoms with E-state index in [1.165, 1.54) is 31.9 Å². The van der Waals surface area contributed by atoms with E-state index >= 15 is 0 Å². The largest absolute Gasteiger partial charge is 0.314 e. The molecule has 20 heavy (non-hydrogen) atoms. The van der Waals surface area contributed by atoms with E-state index in [4.69, 9.17) is 0 Å². The highest BCUT2D eigenvalue weighted by molar-refractivity contribution is 7.88. The van der Waals surface area contributed by atoms with E-state index in [9.17, 15) is 8.42 Å². The normalized spacial score (nSPS) is 25.9. The van der Waals surface area contributed by atoms with Gasteiger partial charge in [0.25, 0.3) is 0 Å². The molecular weight excluding hydrogens is 272 g/mol. The Kier molecular flexibility index (Phi) is 5.14. The molecule has 0 aromatic rings. The van der Waals surface area contributed by atoms with Crippen molar-refractivity contribution >= 4 is 10.0 Å². The van der Waals surface area contributed by atoms with Crippen LogP contribution in [0.5, 0.6) is 0 Å². The summed E-state index contributed by atoms with van der Waals surface area (Å²) in [4.78, 5) is 0. The van der Waals surface area contributed by atoms with Crippen LogP contribution < -0.4 is 5.32 Å². The molecule has 1 aliphatic heterocycles. The maximum atomic E-state index is 11.7. The Bertz CT molecular complexity index is 416. The third-order valence-corrected chi connectivity index (χ3v) is 5.87. The first-order valence-corrected chi connectivity index (χ1v) is 9.80. The smallest absolute Gasteiger partial charge is 0.211 e. The highest BCUT2D eigenvalue weighted by Gasteiger charge is 2.30. The molecule has 5 heteroatoms. The lowest BCUT2D eigenvalue weighted by molar-refractivity contribution is 0.181. The Morgan fingerprint density at radius 1 is 1.25 bits per heavy atom. The van der Waals surface area contributed by atoms with Gasteiger partial charge in [-0.2, -0.15) is 0 Å². The molecule has 0 radical (unpaired) electrons. The van der Waals surface area contributed by atoms with Gasteiger partial charge in [-0.3, -0.25) is 0 Å². The van der Waals surface area contributed by atoms with Crippen LogP contribution in [0, 0.1) is 11.3 Å². The molecule has 1 N–H and O–H groups in total. The molecule has 1 saturated carbocycles. The second-order valence-electron chi connectivity index (χ2n) is 7.48. The van der Waals surface area contributed by atoms with Crippen LogP contribution in [-0.2, 0) is 10.0 Å². The molecule has 2 aliphatic rings. The van der Waals surface area contributed by atoms with Crippen molar-refractivity contribution < 1.29 is 8.42 Å². The van der Waals surface area contributed by atoms with Crippen LogP contribution in [-0.4, -0.2) is 44.7 Å². The summed E-state index contributed by atoms with van der Waals surface area (Å²) in [5.74, 6) is 0.523. The van der Waals surface area contributed by atoms with Crippen LogP contribution in [0.1, 0.15) is 52.4 Å². The minimum atomic E-state index is -3.01. The quantitative estimate of drug-likeness (QED) is 0.784. The summed E-state index contributed by atoms with van der Waals surface area (Å²) in [5, 5.41) is 3.58. The Hall–Kier alpha value is -0.130. The van der Waals surface area contributed by atoms with Crippen molar-refractivity contribution in [3.8, 4) is 0 Å². The predicted octanol–water partition coefficient (Wildman–Crippen LogP) is 2.22. The Balaban J connectivity index is 1.77. The number of rotatable bonds is 7. The van der Waals surface area contributed by atoms with Gasteiger partial charge < -0.3 is 5.32 Å². The van der Waals surface area contributed by atoms with Crippen molar-refractivity contribution in [2.45, 2.75) is 58.4 Å². The van der Waals surface area contributed by atoms with Crippen molar-refractivity contribution in [3.05, 3.63) is 0 Å². The van der Waals surface area contributed by atoms with Crippen molar-refractivity contribution in [3.63, 3.8) is 0 Å². The minimum Gasteiger partial charge on any atom is -0.314 e. The van der Waals surface area contributed by atoms with Gasteiger partial charge in [-0.25, -0.2) is 12.7 Å². The average Bonchev–Trinajstić information content (AvgIpc) is 3.11. The number of hydrogen-bond acceptors (Lipinski definition) is 3. The molecule has 1 saturated heterocycles. The van der Waals surface area contributed by atoms with Crippen LogP contribution in [0.3, 0.4) is 0 Å². The molecule has 1 unspecified atom stereocenters. The van der Waals surface area contributed by atoms with E-state index in [1.54, 1.807) is 4.31 Å². The fourth-order valence-electron chi connectivity index (χ4n) is 3.28. The molecule has 0 aromatic carbocycles. The molecule has 0 aromatic heterocycles. The highest BCUT2D eigenvalue weighted by Crippen LogP contribution is 2.34. The molecule has 1 heterocycles. The second kappa shape index (κ2) is 6.32. The fraction of sp³-hybridized carbons (Fsp3) is 1.00. The molecule has 0 amide bonds. The molecule has 118 valence electrons. The second-order valence-corrected chi connectivity index (χ2v) is 9.46. The molecule has 2 fully saturated rings. The number of nitrogens with one attached hydrogen (secondary N) is 1. The van der Waals surface area contributed by atoms with Gasteiger partial charge in [0.15, 0.2) is 0 Å². The zero-order valence-corrected chi connectivity index (χ0v) is 14.0. The van der Waals surface area contributed by atoms with E-state index in [0.717, 1.165) is 32.0 Å². The number of sulfonamides is 1. The van der Waals surface area contributed by atoms with Crippen LogP contribution in [0.2, 0.25) is 0 Å². The summed E-state index contributed by atoms with van der Waals surface area (Å²) < 4.78 is 25.0. The van der Waals surface area contributed by atoms with Gasteiger partial charge >= 0.3 is 0 Å². The molecule has 4 nitrogen and oxygen atoms in total. The van der Waals surface area contributed by atoms with Crippen LogP contribution >= 0.6 is 0 Å². The maximum Gasteiger partial charge on any atom is 0.211 e. The lowest BCUT2D eigenvalue weighted by atomic mass is 9.78. The van der Waals surface area contributed by atoms with Crippen molar-refractivity contribution in [2.24, 2.45) is 11.3 Å². The van der Waals surface area contributed by atoms with E-state index in [-0.39, 0.29) is 0 Å². The summed E-state index contributed by atoms with van der Waals surface area (Å²) in [5.41, 5.74) is 0.299. The SMILES string of the molecule is CC(C)(CCNC1CC1)CC1CCCN(S(C)(=O)=O)C1. The van der Waals surface area contributed by atoms with E-state index in [2.05, 4.69) is 19.2 Å². The van der Waals surface area contributed by atoms with Gasteiger partial charge in [-0.05, 0) is 56.4 Å².